The zero-order valence-electron chi connectivity index (χ0n) is 15.1. The summed E-state index contributed by atoms with van der Waals surface area (Å²) in [6.45, 7) is 8.22. The first-order valence-electron chi connectivity index (χ1n) is 8.55. The molecule has 0 aromatic carbocycles. The lowest BCUT2D eigenvalue weighted by Gasteiger charge is -2.24. The average Bonchev–Trinajstić information content (AvgIpc) is 3.19. The molecule has 1 fully saturated rings. The van der Waals surface area contributed by atoms with Crippen molar-refractivity contribution in [2.75, 3.05) is 12.8 Å². The number of aryl methyl sites for hydroxylation is 1. The van der Waals surface area contributed by atoms with E-state index < -0.39 is 9.84 Å². The summed E-state index contributed by atoms with van der Waals surface area (Å²) in [5.74, 6) is 0.324. The maximum absolute atomic E-state index is 12.1. The molecule has 138 valence electrons. The van der Waals surface area contributed by atoms with Crippen molar-refractivity contribution in [3.05, 3.63) is 23.3 Å². The summed E-state index contributed by atoms with van der Waals surface area (Å²) in [5, 5.41) is 8.09. The van der Waals surface area contributed by atoms with E-state index in [0.717, 1.165) is 36.5 Å². The molecule has 1 aliphatic heterocycles. The van der Waals surface area contributed by atoms with Crippen LogP contribution in [0.5, 0.6) is 0 Å². The Balaban J connectivity index is 1.89. The molecule has 1 unspecified atom stereocenters. The molecule has 0 aliphatic carbocycles. The highest BCUT2D eigenvalue weighted by Gasteiger charge is 2.31. The van der Waals surface area contributed by atoms with Crippen LogP contribution in [0.4, 0.5) is 0 Å². The number of likely N-dealkylation sites (tertiary alicyclic amines) is 1. The van der Waals surface area contributed by atoms with Gasteiger partial charge in [0.2, 0.25) is 15.0 Å². The van der Waals surface area contributed by atoms with Gasteiger partial charge in [0.25, 0.3) is 0 Å². The van der Waals surface area contributed by atoms with Gasteiger partial charge in [0, 0.05) is 19.3 Å². The van der Waals surface area contributed by atoms with Crippen LogP contribution in [0, 0.1) is 12.8 Å². The number of rotatable bonds is 6. The summed E-state index contributed by atoms with van der Waals surface area (Å²) in [7, 11) is -3.36. The normalized spacial score (nSPS) is 19.2. The predicted molar refractivity (Wildman–Crippen MR) is 91.6 cm³/mol. The third-order valence-corrected chi connectivity index (χ3v) is 5.50. The van der Waals surface area contributed by atoms with Gasteiger partial charge >= 0.3 is 0 Å². The summed E-state index contributed by atoms with van der Waals surface area (Å²) < 4.78 is 30.8. The van der Waals surface area contributed by atoms with Crippen molar-refractivity contribution in [2.24, 2.45) is 5.92 Å². The monoisotopic (exact) mass is 367 g/mol. The number of aromatic nitrogens is 4. The van der Waals surface area contributed by atoms with E-state index >= 15 is 0 Å². The average molecular weight is 367 g/mol. The molecule has 9 heteroatoms. The molecule has 0 bridgehead atoms. The van der Waals surface area contributed by atoms with Crippen molar-refractivity contribution in [3.8, 4) is 0 Å². The van der Waals surface area contributed by atoms with E-state index in [2.05, 4.69) is 34.0 Å². The van der Waals surface area contributed by atoms with Gasteiger partial charge in [-0.25, -0.2) is 18.0 Å². The summed E-state index contributed by atoms with van der Waals surface area (Å²) >= 11 is 0. The second kappa shape index (κ2) is 6.87. The van der Waals surface area contributed by atoms with Crippen molar-refractivity contribution >= 4 is 9.84 Å². The standard InChI is InChI=1S/C16H25N5O3S/c1-11(2)9-21-13(8-17-16(21)25(4,22)23)10-20-7-5-6-14(20)15-12(3)18-24-19-15/h8,11,14H,5-7,9-10H2,1-4H3. The van der Waals surface area contributed by atoms with Gasteiger partial charge in [0.15, 0.2) is 0 Å². The van der Waals surface area contributed by atoms with Gasteiger partial charge in [-0.3, -0.25) is 4.90 Å². The summed E-state index contributed by atoms with van der Waals surface area (Å²) in [5.41, 5.74) is 2.59. The molecule has 0 radical (unpaired) electrons. The lowest BCUT2D eigenvalue weighted by atomic mass is 10.1. The van der Waals surface area contributed by atoms with Gasteiger partial charge in [-0.2, -0.15) is 0 Å². The summed E-state index contributed by atoms with van der Waals surface area (Å²) in [6, 6.07) is 0.148. The smallest absolute Gasteiger partial charge is 0.227 e. The van der Waals surface area contributed by atoms with E-state index in [0.29, 0.717) is 19.0 Å². The second-order valence-electron chi connectivity index (χ2n) is 7.17. The molecule has 0 saturated carbocycles. The molecule has 1 aliphatic rings. The van der Waals surface area contributed by atoms with Gasteiger partial charge in [0.05, 0.1) is 17.9 Å². The van der Waals surface area contributed by atoms with Crippen molar-refractivity contribution in [1.29, 1.82) is 0 Å². The molecule has 25 heavy (non-hydrogen) atoms. The van der Waals surface area contributed by atoms with Gasteiger partial charge in [-0.15, -0.1) is 0 Å². The van der Waals surface area contributed by atoms with Crippen LogP contribution < -0.4 is 0 Å². The largest absolute Gasteiger partial charge is 0.317 e. The fraction of sp³-hybridized carbons (Fsp3) is 0.688. The van der Waals surface area contributed by atoms with Gasteiger partial charge < -0.3 is 4.57 Å². The maximum atomic E-state index is 12.1. The fourth-order valence-electron chi connectivity index (χ4n) is 3.45. The quantitative estimate of drug-likeness (QED) is 0.770. The molecule has 0 N–H and O–H groups in total. The van der Waals surface area contributed by atoms with Crippen LogP contribution in [0.25, 0.3) is 0 Å². The van der Waals surface area contributed by atoms with Crippen LogP contribution in [0.2, 0.25) is 0 Å². The Kier molecular flexibility index (Phi) is 4.97. The Morgan fingerprint density at radius 2 is 2.12 bits per heavy atom. The van der Waals surface area contributed by atoms with Crippen LogP contribution in [0.3, 0.4) is 0 Å². The van der Waals surface area contributed by atoms with Crippen LogP contribution in [0.1, 0.15) is 49.8 Å². The molecule has 0 spiro atoms. The lowest BCUT2D eigenvalue weighted by Crippen LogP contribution is -2.26. The first kappa shape index (κ1) is 18.1. The fourth-order valence-corrected chi connectivity index (χ4v) is 4.28. The third kappa shape index (κ3) is 3.77. The van der Waals surface area contributed by atoms with Crippen molar-refractivity contribution in [2.45, 2.75) is 57.9 Å². The highest BCUT2D eigenvalue weighted by atomic mass is 32.2. The zero-order valence-corrected chi connectivity index (χ0v) is 16.0. The molecule has 0 amide bonds. The van der Waals surface area contributed by atoms with Gasteiger partial charge in [0.1, 0.15) is 11.4 Å². The number of hydrogen-bond acceptors (Lipinski definition) is 7. The Hall–Kier alpha value is -1.74. The topological polar surface area (TPSA) is 94.1 Å². The molecule has 1 saturated heterocycles. The Morgan fingerprint density at radius 1 is 1.36 bits per heavy atom. The zero-order chi connectivity index (χ0) is 18.2. The van der Waals surface area contributed by atoms with Gasteiger partial charge in [-0.05, 0) is 32.2 Å². The number of hydrogen-bond donors (Lipinski definition) is 0. The third-order valence-electron chi connectivity index (χ3n) is 4.51. The number of imidazole rings is 1. The Morgan fingerprint density at radius 3 is 2.72 bits per heavy atom. The van der Waals surface area contributed by atoms with E-state index in [1.807, 2.05) is 11.5 Å². The van der Waals surface area contributed by atoms with Crippen molar-refractivity contribution < 1.29 is 13.0 Å². The molecule has 8 nitrogen and oxygen atoms in total. The van der Waals surface area contributed by atoms with E-state index in [9.17, 15) is 8.42 Å². The van der Waals surface area contributed by atoms with Crippen LogP contribution in [0.15, 0.2) is 16.0 Å². The maximum Gasteiger partial charge on any atom is 0.227 e. The molecule has 2 aromatic heterocycles. The molecule has 2 aromatic rings. The molecule has 3 heterocycles. The van der Waals surface area contributed by atoms with Crippen LogP contribution >= 0.6 is 0 Å². The highest BCUT2D eigenvalue weighted by molar-refractivity contribution is 7.90. The highest BCUT2D eigenvalue weighted by Crippen LogP contribution is 2.33. The molecule has 3 rings (SSSR count). The van der Waals surface area contributed by atoms with Crippen LogP contribution in [-0.4, -0.2) is 46.0 Å². The SMILES string of the molecule is Cc1nonc1C1CCCN1Cc1cnc(S(C)(=O)=O)n1CC(C)C. The van der Waals surface area contributed by atoms with Crippen LogP contribution in [-0.2, 0) is 22.9 Å². The minimum Gasteiger partial charge on any atom is -0.317 e. The lowest BCUT2D eigenvalue weighted by molar-refractivity contribution is 0.224. The molecular formula is C16H25N5O3S. The van der Waals surface area contributed by atoms with Crippen molar-refractivity contribution in [3.63, 3.8) is 0 Å². The first-order valence-corrected chi connectivity index (χ1v) is 10.4. The summed E-state index contributed by atoms with van der Waals surface area (Å²) in [6.07, 6.45) is 4.95. The number of sulfone groups is 1. The predicted octanol–water partition coefficient (Wildman–Crippen LogP) is 1.97. The van der Waals surface area contributed by atoms with E-state index in [1.165, 1.54) is 6.26 Å². The molecule has 1 atom stereocenters. The Labute approximate surface area is 148 Å². The number of nitrogens with zero attached hydrogens (tertiary/aromatic N) is 5. The minimum absolute atomic E-state index is 0.145. The minimum atomic E-state index is -3.36. The first-order chi connectivity index (χ1) is 11.8. The summed E-state index contributed by atoms with van der Waals surface area (Å²) in [4.78, 5) is 6.49. The molecular weight excluding hydrogens is 342 g/mol. The Bertz CT molecular complexity index is 840. The van der Waals surface area contributed by atoms with E-state index in [4.69, 9.17) is 4.63 Å². The van der Waals surface area contributed by atoms with E-state index in [-0.39, 0.29) is 11.2 Å². The van der Waals surface area contributed by atoms with Crippen molar-refractivity contribution in [1.82, 2.24) is 24.8 Å². The van der Waals surface area contributed by atoms with Gasteiger partial charge in [-0.1, -0.05) is 24.2 Å². The second-order valence-corrected chi connectivity index (χ2v) is 9.08. The van der Waals surface area contributed by atoms with E-state index in [1.54, 1.807) is 6.20 Å².